The zero-order valence-corrected chi connectivity index (χ0v) is 39.5. The predicted octanol–water partition coefficient (Wildman–Crippen LogP) is 5.74. The zero-order valence-electron chi connectivity index (χ0n) is 38.5. The van der Waals surface area contributed by atoms with Gasteiger partial charge in [0.25, 0.3) is 5.97 Å². The molecule has 0 aromatic heterocycles. The van der Waals surface area contributed by atoms with Gasteiger partial charge in [0.15, 0.2) is 18.7 Å². The first-order valence-corrected chi connectivity index (χ1v) is 24.5. The monoisotopic (exact) mass is 954 g/mol. The van der Waals surface area contributed by atoms with Gasteiger partial charge in [0, 0.05) is 11.1 Å². The standard InChI is InChI=1S/C51H58O16Si/c1-51(2,3)68(41-20-12-6-13-21-41,42-22-14-7-15-23-42)67-48(57)29-28-47(56)64-38(30-58-43(52)24-26-45(54)65-39-32-60-49(61-33-39)36-16-8-4-9-17-36)31-59-44(53)25-27-46(55)66-40-34-62-50(63-35-40)37-18-10-5-11-19-37/h4-23,38-40,49-50H,24-35H2,1-3H3. The summed E-state index contributed by atoms with van der Waals surface area (Å²) in [6.45, 7) is 5.33. The van der Waals surface area contributed by atoms with E-state index in [0.29, 0.717) is 0 Å². The van der Waals surface area contributed by atoms with Crippen molar-refractivity contribution in [1.29, 1.82) is 0 Å². The molecule has 4 aromatic carbocycles. The molecule has 6 rings (SSSR count). The van der Waals surface area contributed by atoms with Crippen LogP contribution in [0.4, 0.5) is 0 Å². The highest BCUT2D eigenvalue weighted by molar-refractivity contribution is 7.00. The van der Waals surface area contributed by atoms with E-state index in [2.05, 4.69) is 0 Å². The van der Waals surface area contributed by atoms with Gasteiger partial charge in [-0.3, -0.25) is 28.8 Å². The number of ether oxygens (including phenoxy) is 9. The third-order valence-corrected chi connectivity index (χ3v) is 15.9. The molecule has 0 spiro atoms. The molecule has 68 heavy (non-hydrogen) atoms. The van der Waals surface area contributed by atoms with E-state index in [1.165, 1.54) is 0 Å². The fraction of sp³-hybridized carbons (Fsp3) is 0.412. The summed E-state index contributed by atoms with van der Waals surface area (Å²) in [5, 5.41) is 1.25. The van der Waals surface area contributed by atoms with Crippen LogP contribution in [0.5, 0.6) is 0 Å². The van der Waals surface area contributed by atoms with Crippen LogP contribution in [0.25, 0.3) is 0 Å². The van der Waals surface area contributed by atoms with Gasteiger partial charge in [-0.15, -0.1) is 0 Å². The maximum absolute atomic E-state index is 13.7. The lowest BCUT2D eigenvalue weighted by Crippen LogP contribution is -2.67. The highest BCUT2D eigenvalue weighted by atomic mass is 28.4. The van der Waals surface area contributed by atoms with Gasteiger partial charge in [0.2, 0.25) is 0 Å². The van der Waals surface area contributed by atoms with Crippen molar-refractivity contribution in [3.8, 4) is 0 Å². The summed E-state index contributed by atoms with van der Waals surface area (Å²) in [6, 6.07) is 37.7. The smallest absolute Gasteiger partial charge is 0.323 e. The Labute approximate surface area is 396 Å². The molecule has 0 saturated carbocycles. The molecule has 4 aromatic rings. The van der Waals surface area contributed by atoms with Crippen LogP contribution in [0.1, 0.15) is 83.0 Å². The first kappa shape index (κ1) is 51.2. The van der Waals surface area contributed by atoms with Crippen LogP contribution in [0.15, 0.2) is 121 Å². The molecule has 0 N–H and O–H groups in total. The average molecular weight is 955 g/mol. The molecule has 17 heteroatoms. The van der Waals surface area contributed by atoms with Crippen LogP contribution >= 0.6 is 0 Å². The molecule has 0 bridgehead atoms. The molecule has 0 amide bonds. The van der Waals surface area contributed by atoms with Crippen LogP contribution in [-0.4, -0.2) is 102 Å². The molecule has 362 valence electrons. The summed E-state index contributed by atoms with van der Waals surface area (Å²) in [6.07, 6.45) is -6.00. The Bertz CT molecular complexity index is 2100. The minimum Gasteiger partial charge on any atom is -0.510 e. The van der Waals surface area contributed by atoms with Crippen LogP contribution in [0.3, 0.4) is 0 Å². The zero-order chi connectivity index (χ0) is 48.4. The summed E-state index contributed by atoms with van der Waals surface area (Å²) in [7, 11) is -3.26. The number of hydrogen-bond acceptors (Lipinski definition) is 16. The van der Waals surface area contributed by atoms with Crippen LogP contribution in [0, 0.1) is 0 Å². The van der Waals surface area contributed by atoms with E-state index in [9.17, 15) is 28.8 Å². The number of carbonyl (C=O) groups is 6. The molecule has 2 aliphatic rings. The maximum atomic E-state index is 13.7. The predicted molar refractivity (Wildman–Crippen MR) is 245 cm³/mol. The Morgan fingerprint density at radius 3 is 1.21 bits per heavy atom. The molecule has 0 atom stereocenters. The summed E-state index contributed by atoms with van der Waals surface area (Å²) in [4.78, 5) is 77.8. The lowest BCUT2D eigenvalue weighted by Gasteiger charge is -2.42. The van der Waals surface area contributed by atoms with E-state index in [0.717, 1.165) is 21.5 Å². The molecule has 2 fully saturated rings. The van der Waals surface area contributed by atoms with E-state index in [1.54, 1.807) is 0 Å². The molecule has 2 heterocycles. The van der Waals surface area contributed by atoms with Gasteiger partial charge < -0.3 is 47.1 Å². The second-order valence-electron chi connectivity index (χ2n) is 17.2. The van der Waals surface area contributed by atoms with E-state index in [-0.39, 0.29) is 58.5 Å². The van der Waals surface area contributed by atoms with Crippen molar-refractivity contribution >= 4 is 54.5 Å². The fourth-order valence-electron chi connectivity index (χ4n) is 7.56. The number of esters is 5. The van der Waals surface area contributed by atoms with Crippen LogP contribution < -0.4 is 10.4 Å². The third-order valence-electron chi connectivity index (χ3n) is 10.9. The minimum absolute atomic E-state index is 0.0971. The number of benzene rings is 4. The lowest BCUT2D eigenvalue weighted by atomic mass is 10.2. The van der Waals surface area contributed by atoms with Gasteiger partial charge >= 0.3 is 38.2 Å². The summed E-state index contributed by atoms with van der Waals surface area (Å²) >= 11 is 0. The van der Waals surface area contributed by atoms with E-state index >= 15 is 0 Å². The van der Waals surface area contributed by atoms with E-state index < -0.39 is 99.7 Å². The number of rotatable bonds is 21. The molecular formula is C51H58O16Si. The van der Waals surface area contributed by atoms with Gasteiger partial charge in [0.05, 0.1) is 65.0 Å². The molecular weight excluding hydrogens is 897 g/mol. The highest BCUT2D eigenvalue weighted by Gasteiger charge is 2.53. The molecule has 16 nitrogen and oxygen atoms in total. The Hall–Kier alpha value is -6.24. The molecule has 0 aliphatic carbocycles. The van der Waals surface area contributed by atoms with Crippen LogP contribution in [-0.2, 0) is 75.8 Å². The van der Waals surface area contributed by atoms with Crippen molar-refractivity contribution in [2.24, 2.45) is 0 Å². The van der Waals surface area contributed by atoms with Gasteiger partial charge in [-0.2, -0.15) is 0 Å². The summed E-state index contributed by atoms with van der Waals surface area (Å²) in [5.74, 6) is -4.48. The lowest BCUT2D eigenvalue weighted by molar-refractivity contribution is -0.229. The van der Waals surface area contributed by atoms with Crippen molar-refractivity contribution < 1.29 is 75.8 Å². The molecule has 0 radical (unpaired) electrons. The summed E-state index contributed by atoms with van der Waals surface area (Å²) in [5.41, 5.74) is 1.65. The number of carbonyl (C=O) groups excluding carboxylic acids is 6. The maximum Gasteiger partial charge on any atom is 0.323 e. The number of hydrogen-bond donors (Lipinski definition) is 0. The first-order valence-electron chi connectivity index (χ1n) is 22.6. The van der Waals surface area contributed by atoms with Gasteiger partial charge in [-0.25, -0.2) is 0 Å². The fourth-order valence-corrected chi connectivity index (χ4v) is 11.9. The van der Waals surface area contributed by atoms with Gasteiger partial charge in [-0.1, -0.05) is 142 Å². The van der Waals surface area contributed by atoms with Gasteiger partial charge in [-0.05, 0) is 15.4 Å². The van der Waals surface area contributed by atoms with Crippen molar-refractivity contribution in [1.82, 2.24) is 0 Å². The Balaban J connectivity index is 0.993. The Kier molecular flexibility index (Phi) is 19.0. The second-order valence-corrected chi connectivity index (χ2v) is 21.4. The second kappa shape index (κ2) is 25.2. The SMILES string of the molecule is CC(C)(C)[Si](OC(=O)CCC(=O)OC(COC(=O)CCC(=O)OC1COC(c2ccccc2)OC1)COC(=O)CCC(=O)OC1COC(c2ccccc2)OC1)(c1ccccc1)c1ccccc1. The third kappa shape index (κ3) is 15.1. The minimum atomic E-state index is -3.26. The normalized spacial score (nSPS) is 18.8. The quantitative estimate of drug-likeness (QED) is 0.0557. The molecule has 2 aliphatic heterocycles. The molecule has 0 unspecified atom stereocenters. The van der Waals surface area contributed by atoms with Crippen molar-refractivity contribution in [3.05, 3.63) is 132 Å². The van der Waals surface area contributed by atoms with Crippen molar-refractivity contribution in [3.63, 3.8) is 0 Å². The largest absolute Gasteiger partial charge is 0.510 e. The average Bonchev–Trinajstić information content (AvgIpc) is 3.35. The molecule has 2 saturated heterocycles. The highest BCUT2D eigenvalue weighted by Crippen LogP contribution is 2.37. The van der Waals surface area contributed by atoms with Crippen molar-refractivity contribution in [2.45, 2.75) is 95.2 Å². The first-order chi connectivity index (χ1) is 32.8. The van der Waals surface area contributed by atoms with E-state index in [4.69, 9.17) is 47.1 Å². The Morgan fingerprint density at radius 2 is 0.824 bits per heavy atom. The van der Waals surface area contributed by atoms with Crippen molar-refractivity contribution in [2.75, 3.05) is 39.6 Å². The van der Waals surface area contributed by atoms with E-state index in [1.807, 2.05) is 142 Å². The topological polar surface area (TPSA) is 195 Å². The Morgan fingerprint density at radius 1 is 0.485 bits per heavy atom. The van der Waals surface area contributed by atoms with Crippen LogP contribution in [0.2, 0.25) is 5.04 Å². The van der Waals surface area contributed by atoms with Gasteiger partial charge in [0.1, 0.15) is 25.4 Å². The summed E-state index contributed by atoms with van der Waals surface area (Å²) < 4.78 is 56.3.